The minimum absolute atomic E-state index is 0.0168. The summed E-state index contributed by atoms with van der Waals surface area (Å²) in [6, 6.07) is 2.91. The summed E-state index contributed by atoms with van der Waals surface area (Å²) in [7, 11) is -3.04. The Morgan fingerprint density at radius 2 is 1.91 bits per heavy atom. The van der Waals surface area contributed by atoms with Crippen LogP contribution in [0, 0.1) is 12.8 Å². The molecule has 1 aromatic carbocycles. The largest absolute Gasteiger partial charge is 0.480 e. The summed E-state index contributed by atoms with van der Waals surface area (Å²) in [5.41, 5.74) is 0.551. The van der Waals surface area contributed by atoms with Gasteiger partial charge in [0.25, 0.3) is 0 Å². The summed E-state index contributed by atoms with van der Waals surface area (Å²) >= 11 is 0. The van der Waals surface area contributed by atoms with Crippen LogP contribution in [0.5, 0.6) is 0 Å². The van der Waals surface area contributed by atoms with Crippen molar-refractivity contribution in [2.45, 2.75) is 38.1 Å². The van der Waals surface area contributed by atoms with E-state index >= 15 is 0 Å². The fourth-order valence-electron chi connectivity index (χ4n) is 2.07. The standard InChI is InChI=1S/C15H21NO6S/c1-9(2)7-12(14(17)18)16-23(20,21)13-6-5-10(3)8-11(13)15(19)22-4/h5-6,8-9,12,16H,7H2,1-4H3,(H,17,18)/t12-/m0/s1. The first-order valence-electron chi connectivity index (χ1n) is 7.02. The van der Waals surface area contributed by atoms with Gasteiger partial charge in [-0.15, -0.1) is 0 Å². The van der Waals surface area contributed by atoms with Crippen molar-refractivity contribution in [1.29, 1.82) is 0 Å². The fraction of sp³-hybridized carbons (Fsp3) is 0.467. The average molecular weight is 343 g/mol. The predicted octanol–water partition coefficient (Wildman–Crippen LogP) is 1.56. The Labute approximate surface area is 135 Å². The number of carbonyl (C=O) groups excluding carboxylic acids is 1. The summed E-state index contributed by atoms with van der Waals surface area (Å²) in [4.78, 5) is 22.8. The topological polar surface area (TPSA) is 110 Å². The van der Waals surface area contributed by atoms with Crippen molar-refractivity contribution in [1.82, 2.24) is 4.72 Å². The van der Waals surface area contributed by atoms with Crippen LogP contribution in [-0.2, 0) is 19.6 Å². The third-order valence-electron chi connectivity index (χ3n) is 3.13. The smallest absolute Gasteiger partial charge is 0.339 e. The molecule has 128 valence electrons. The Morgan fingerprint density at radius 3 is 2.39 bits per heavy atom. The first-order chi connectivity index (χ1) is 10.6. The number of benzene rings is 1. The van der Waals surface area contributed by atoms with Gasteiger partial charge in [-0.05, 0) is 31.4 Å². The first kappa shape index (κ1) is 19.1. The van der Waals surface area contributed by atoms with Crippen LogP contribution in [0.3, 0.4) is 0 Å². The number of ether oxygens (including phenoxy) is 1. The van der Waals surface area contributed by atoms with Gasteiger partial charge in [0.05, 0.1) is 17.6 Å². The lowest BCUT2D eigenvalue weighted by Crippen LogP contribution is -2.42. The van der Waals surface area contributed by atoms with E-state index in [9.17, 15) is 23.1 Å². The van der Waals surface area contributed by atoms with E-state index in [1.54, 1.807) is 20.8 Å². The number of esters is 1. The van der Waals surface area contributed by atoms with Crippen molar-refractivity contribution in [2.75, 3.05) is 7.11 Å². The third-order valence-corrected chi connectivity index (χ3v) is 4.66. The summed E-state index contributed by atoms with van der Waals surface area (Å²) in [6.45, 7) is 5.28. The predicted molar refractivity (Wildman–Crippen MR) is 83.7 cm³/mol. The average Bonchev–Trinajstić information content (AvgIpc) is 2.44. The number of methoxy groups -OCH3 is 1. The van der Waals surface area contributed by atoms with Crippen LogP contribution in [0.25, 0.3) is 0 Å². The molecule has 0 aliphatic heterocycles. The number of sulfonamides is 1. The number of nitrogens with one attached hydrogen (secondary N) is 1. The van der Waals surface area contributed by atoms with Crippen LogP contribution in [0.15, 0.2) is 23.1 Å². The molecule has 2 N–H and O–H groups in total. The number of carboxylic acid groups (broad SMARTS) is 1. The van der Waals surface area contributed by atoms with E-state index in [0.717, 1.165) is 7.11 Å². The zero-order chi connectivity index (χ0) is 17.8. The van der Waals surface area contributed by atoms with Crippen molar-refractivity contribution in [3.63, 3.8) is 0 Å². The molecule has 0 aliphatic rings. The lowest BCUT2D eigenvalue weighted by molar-refractivity contribution is -0.139. The Balaban J connectivity index is 3.27. The lowest BCUT2D eigenvalue weighted by Gasteiger charge is -2.18. The highest BCUT2D eigenvalue weighted by molar-refractivity contribution is 7.89. The Bertz CT molecular complexity index is 696. The maximum Gasteiger partial charge on any atom is 0.339 e. The Morgan fingerprint density at radius 1 is 1.30 bits per heavy atom. The molecular formula is C15H21NO6S. The van der Waals surface area contributed by atoms with E-state index in [1.807, 2.05) is 0 Å². The molecule has 8 heteroatoms. The van der Waals surface area contributed by atoms with Gasteiger partial charge in [-0.2, -0.15) is 4.72 Å². The molecule has 0 heterocycles. The molecule has 0 aliphatic carbocycles. The van der Waals surface area contributed by atoms with Crippen LogP contribution in [0.4, 0.5) is 0 Å². The van der Waals surface area contributed by atoms with Gasteiger partial charge in [-0.25, -0.2) is 13.2 Å². The van der Waals surface area contributed by atoms with E-state index < -0.39 is 28.0 Å². The van der Waals surface area contributed by atoms with Crippen molar-refractivity contribution >= 4 is 22.0 Å². The molecule has 0 spiro atoms. The molecular weight excluding hydrogens is 322 g/mol. The molecule has 0 fully saturated rings. The number of aliphatic carboxylic acids is 1. The lowest BCUT2D eigenvalue weighted by atomic mass is 10.1. The summed E-state index contributed by atoms with van der Waals surface area (Å²) < 4.78 is 31.7. The molecule has 0 saturated heterocycles. The highest BCUT2D eigenvalue weighted by Gasteiger charge is 2.29. The van der Waals surface area contributed by atoms with Crippen LogP contribution < -0.4 is 4.72 Å². The molecule has 0 saturated carbocycles. The zero-order valence-electron chi connectivity index (χ0n) is 13.5. The molecule has 0 radical (unpaired) electrons. The summed E-state index contributed by atoms with van der Waals surface area (Å²) in [5.74, 6) is -2.09. The van der Waals surface area contributed by atoms with Gasteiger partial charge in [0, 0.05) is 0 Å². The van der Waals surface area contributed by atoms with Gasteiger partial charge in [0.1, 0.15) is 6.04 Å². The van der Waals surface area contributed by atoms with E-state index in [2.05, 4.69) is 9.46 Å². The minimum Gasteiger partial charge on any atom is -0.480 e. The fourth-order valence-corrected chi connectivity index (χ4v) is 3.45. The van der Waals surface area contributed by atoms with Crippen LogP contribution in [-0.4, -0.2) is 38.6 Å². The van der Waals surface area contributed by atoms with E-state index in [-0.39, 0.29) is 22.8 Å². The van der Waals surface area contributed by atoms with Crippen LogP contribution in [0.2, 0.25) is 0 Å². The number of carbonyl (C=O) groups is 2. The van der Waals surface area contributed by atoms with Crippen LogP contribution in [0.1, 0.15) is 36.2 Å². The van der Waals surface area contributed by atoms with Gasteiger partial charge in [-0.1, -0.05) is 25.5 Å². The molecule has 0 unspecified atom stereocenters. The van der Waals surface area contributed by atoms with Crippen molar-refractivity contribution < 1.29 is 27.9 Å². The highest BCUT2D eigenvalue weighted by Crippen LogP contribution is 2.20. The van der Waals surface area contributed by atoms with Gasteiger partial charge < -0.3 is 9.84 Å². The van der Waals surface area contributed by atoms with Crippen molar-refractivity contribution in [2.24, 2.45) is 5.92 Å². The van der Waals surface area contributed by atoms with E-state index in [4.69, 9.17) is 0 Å². The van der Waals surface area contributed by atoms with Gasteiger partial charge >= 0.3 is 11.9 Å². The van der Waals surface area contributed by atoms with Crippen molar-refractivity contribution in [3.05, 3.63) is 29.3 Å². The number of aryl methyl sites for hydroxylation is 1. The van der Waals surface area contributed by atoms with Crippen LogP contribution >= 0.6 is 0 Å². The number of hydrogen-bond donors (Lipinski definition) is 2. The maximum absolute atomic E-state index is 12.5. The number of hydrogen-bond acceptors (Lipinski definition) is 5. The molecule has 1 rings (SSSR count). The van der Waals surface area contributed by atoms with Gasteiger partial charge in [0.2, 0.25) is 10.0 Å². The van der Waals surface area contributed by atoms with Crippen molar-refractivity contribution in [3.8, 4) is 0 Å². The highest BCUT2D eigenvalue weighted by atomic mass is 32.2. The molecule has 1 atom stereocenters. The quantitative estimate of drug-likeness (QED) is 0.727. The second-order valence-electron chi connectivity index (χ2n) is 5.63. The second kappa shape index (κ2) is 7.56. The maximum atomic E-state index is 12.5. The summed E-state index contributed by atoms with van der Waals surface area (Å²) in [6.07, 6.45) is 0.133. The SMILES string of the molecule is COC(=O)c1cc(C)ccc1S(=O)(=O)N[C@@H](CC(C)C)C(=O)O. The molecule has 1 aromatic rings. The first-order valence-corrected chi connectivity index (χ1v) is 8.51. The molecule has 23 heavy (non-hydrogen) atoms. The Kier molecular flexibility index (Phi) is 6.28. The Hall–Kier alpha value is -1.93. The number of rotatable bonds is 7. The zero-order valence-corrected chi connectivity index (χ0v) is 14.3. The number of carboxylic acids is 1. The van der Waals surface area contributed by atoms with E-state index in [0.29, 0.717) is 5.56 Å². The molecule has 0 aromatic heterocycles. The summed E-state index contributed by atoms with van der Waals surface area (Å²) in [5, 5.41) is 9.18. The van der Waals surface area contributed by atoms with E-state index in [1.165, 1.54) is 18.2 Å². The normalized spacial score (nSPS) is 12.9. The third kappa shape index (κ3) is 5.04. The molecule has 0 bridgehead atoms. The molecule has 7 nitrogen and oxygen atoms in total. The van der Waals surface area contributed by atoms with Gasteiger partial charge in [-0.3, -0.25) is 4.79 Å². The second-order valence-corrected chi connectivity index (χ2v) is 7.32. The minimum atomic E-state index is -4.18. The monoisotopic (exact) mass is 343 g/mol. The van der Waals surface area contributed by atoms with Gasteiger partial charge in [0.15, 0.2) is 0 Å². The molecule has 0 amide bonds.